The normalized spacial score (nSPS) is 11.8. The summed E-state index contributed by atoms with van der Waals surface area (Å²) in [4.78, 5) is 0. The Balaban J connectivity index is 2.25. The van der Waals surface area contributed by atoms with Crippen molar-refractivity contribution in [3.05, 3.63) is 30.3 Å². The van der Waals surface area contributed by atoms with Gasteiger partial charge in [-0.25, -0.2) is 0 Å². The van der Waals surface area contributed by atoms with Crippen molar-refractivity contribution in [3.63, 3.8) is 0 Å². The fraction of sp³-hybridized carbons (Fsp3) is 0.714. The maximum Gasteiger partial charge on any atom is 0.304 e. The van der Waals surface area contributed by atoms with Crippen molar-refractivity contribution in [1.82, 2.24) is 0 Å². The van der Waals surface area contributed by atoms with E-state index in [0.717, 1.165) is 5.30 Å². The van der Waals surface area contributed by atoms with Gasteiger partial charge in [0.25, 0.3) is 0 Å². The summed E-state index contributed by atoms with van der Waals surface area (Å²) in [6, 6.07) is 10.0. The lowest BCUT2D eigenvalue weighted by Gasteiger charge is -2.20. The van der Waals surface area contributed by atoms with Crippen LogP contribution in [-0.2, 0) is 37.5 Å². The summed E-state index contributed by atoms with van der Waals surface area (Å²) in [5.41, 5.74) is 0. The molecule has 0 spiro atoms. The molecule has 0 heterocycles. The highest BCUT2D eigenvalue weighted by molar-refractivity contribution is 7.73. The summed E-state index contributed by atoms with van der Waals surface area (Å²) in [5, 5.41) is 1.05. The molecule has 0 aliphatic heterocycles. The Morgan fingerprint density at radius 1 is 0.533 bits per heavy atom. The van der Waals surface area contributed by atoms with E-state index in [1.54, 1.807) is 14.2 Å². The molecule has 1 aromatic carbocycles. The number of hydrogen-bond donors (Lipinski definition) is 0. The van der Waals surface area contributed by atoms with Crippen molar-refractivity contribution in [2.45, 2.75) is 0 Å². The molecule has 0 amide bonds. The third-order valence-electron chi connectivity index (χ3n) is 3.96. The van der Waals surface area contributed by atoms with Crippen LogP contribution in [0.3, 0.4) is 0 Å². The van der Waals surface area contributed by atoms with Crippen LogP contribution in [0.25, 0.3) is 0 Å². The molecule has 1 aromatic rings. The topological polar surface area (TPSA) is 73.8 Å². The van der Waals surface area contributed by atoms with E-state index in [2.05, 4.69) is 0 Å². The molecule has 30 heavy (non-hydrogen) atoms. The van der Waals surface area contributed by atoms with E-state index in [-0.39, 0.29) is 0 Å². The van der Waals surface area contributed by atoms with Gasteiger partial charge in [0.2, 0.25) is 0 Å². The quantitative estimate of drug-likeness (QED) is 0.209. The maximum atomic E-state index is 6.14. The van der Waals surface area contributed by atoms with Gasteiger partial charge in [0.05, 0.1) is 66.1 Å². The van der Waals surface area contributed by atoms with Crippen LogP contribution in [0.2, 0.25) is 0 Å². The molecule has 0 radical (unpaired) electrons. The van der Waals surface area contributed by atoms with Crippen LogP contribution in [0.5, 0.6) is 0 Å². The Kier molecular flexibility index (Phi) is 17.4. The lowest BCUT2D eigenvalue weighted by Crippen LogP contribution is -2.20. The van der Waals surface area contributed by atoms with Crippen LogP contribution in [0.4, 0.5) is 0 Å². The van der Waals surface area contributed by atoms with Gasteiger partial charge < -0.3 is 28.4 Å². The van der Waals surface area contributed by atoms with E-state index >= 15 is 0 Å². The van der Waals surface area contributed by atoms with E-state index in [0.29, 0.717) is 79.3 Å². The van der Waals surface area contributed by atoms with E-state index in [9.17, 15) is 0 Å². The first-order valence-electron chi connectivity index (χ1n) is 10.2. The minimum Gasteiger partial charge on any atom is -0.382 e. The van der Waals surface area contributed by atoms with Crippen molar-refractivity contribution >= 4 is 13.0 Å². The van der Waals surface area contributed by atoms with Crippen molar-refractivity contribution in [2.75, 3.05) is 100 Å². The predicted octanol–water partition coefficient (Wildman–Crippen LogP) is 2.18. The molecular formula is C21H38O8P+. The molecule has 174 valence electrons. The van der Waals surface area contributed by atoms with Crippen LogP contribution < -0.4 is 5.30 Å². The lowest BCUT2D eigenvalue weighted by atomic mass is 10.4. The van der Waals surface area contributed by atoms with Crippen molar-refractivity contribution in [3.8, 4) is 0 Å². The van der Waals surface area contributed by atoms with E-state index in [4.69, 9.17) is 37.5 Å². The molecule has 0 fully saturated rings. The first kappa shape index (κ1) is 27.4. The summed E-state index contributed by atoms with van der Waals surface area (Å²) in [6.45, 7) is 8.32. The van der Waals surface area contributed by atoms with E-state index in [1.807, 2.05) is 37.0 Å². The number of benzene rings is 1. The number of hydrogen-bond acceptors (Lipinski definition) is 8. The molecule has 0 aliphatic carbocycles. The maximum absolute atomic E-state index is 6.14. The Labute approximate surface area is 181 Å². The first-order chi connectivity index (χ1) is 14.7. The molecule has 1 rings (SSSR count). The average Bonchev–Trinajstić information content (AvgIpc) is 2.77. The van der Waals surface area contributed by atoms with Crippen LogP contribution in [0.1, 0.15) is 0 Å². The standard InChI is InChI=1S/C21H38O8P/c1-22-9-11-24-13-15-26-17-19-28-30(3,21-7-5-4-6-8-21)29-20-18-27-16-14-25-12-10-23-2/h4-8H,9-20H2,1-3H3/q+1. The number of rotatable bonds is 21. The van der Waals surface area contributed by atoms with E-state index in [1.165, 1.54) is 0 Å². The lowest BCUT2D eigenvalue weighted by molar-refractivity contribution is 0.0133. The molecule has 0 saturated carbocycles. The molecule has 0 unspecified atom stereocenters. The Morgan fingerprint density at radius 2 is 0.900 bits per heavy atom. The average molecular weight is 450 g/mol. The van der Waals surface area contributed by atoms with Crippen LogP contribution in [0.15, 0.2) is 30.3 Å². The monoisotopic (exact) mass is 449 g/mol. The molecule has 0 aromatic heterocycles. The van der Waals surface area contributed by atoms with Crippen molar-refractivity contribution in [2.24, 2.45) is 0 Å². The van der Waals surface area contributed by atoms with Gasteiger partial charge in [-0.15, -0.1) is 0 Å². The molecule has 0 bridgehead atoms. The summed E-state index contributed by atoms with van der Waals surface area (Å²) in [5.74, 6) is 0. The zero-order chi connectivity index (χ0) is 21.8. The molecule has 8 nitrogen and oxygen atoms in total. The predicted molar refractivity (Wildman–Crippen MR) is 118 cm³/mol. The van der Waals surface area contributed by atoms with Crippen LogP contribution in [0, 0.1) is 0 Å². The van der Waals surface area contributed by atoms with Crippen molar-refractivity contribution in [1.29, 1.82) is 0 Å². The summed E-state index contributed by atoms with van der Waals surface area (Å²) in [6.07, 6.45) is 0. The first-order valence-corrected chi connectivity index (χ1v) is 12.3. The van der Waals surface area contributed by atoms with Gasteiger partial charge in [-0.3, -0.25) is 0 Å². The highest BCUT2D eigenvalue weighted by atomic mass is 31.2. The second-order valence-electron chi connectivity index (χ2n) is 6.28. The molecule has 0 aliphatic rings. The minimum absolute atomic E-state index is 0.450. The van der Waals surface area contributed by atoms with Crippen LogP contribution >= 0.6 is 7.72 Å². The second kappa shape index (κ2) is 19.0. The summed E-state index contributed by atoms with van der Waals surface area (Å²) in [7, 11) is 1.08. The van der Waals surface area contributed by atoms with Gasteiger partial charge in [0.1, 0.15) is 19.9 Å². The second-order valence-corrected chi connectivity index (χ2v) is 9.01. The molecule has 0 saturated heterocycles. The van der Waals surface area contributed by atoms with Crippen LogP contribution in [-0.4, -0.2) is 100 Å². The zero-order valence-corrected chi connectivity index (χ0v) is 19.5. The Hall–Kier alpha value is -0.670. The third kappa shape index (κ3) is 13.6. The zero-order valence-electron chi connectivity index (χ0n) is 18.6. The molecule has 9 heteroatoms. The van der Waals surface area contributed by atoms with Gasteiger partial charge in [-0.05, 0) is 12.1 Å². The van der Waals surface area contributed by atoms with Gasteiger partial charge in [-0.2, -0.15) is 9.05 Å². The van der Waals surface area contributed by atoms with E-state index < -0.39 is 7.72 Å². The SMILES string of the molecule is COCCOCCOCCO[P+](C)(OCCOCCOCCOC)c1ccccc1. The van der Waals surface area contributed by atoms with Gasteiger partial charge in [-0.1, -0.05) is 18.2 Å². The minimum atomic E-state index is -2.22. The van der Waals surface area contributed by atoms with Gasteiger partial charge in [0.15, 0.2) is 5.30 Å². The van der Waals surface area contributed by atoms with Crippen molar-refractivity contribution < 1.29 is 37.5 Å². The molecule has 0 N–H and O–H groups in total. The Bertz CT molecular complexity index is 469. The van der Waals surface area contributed by atoms with Gasteiger partial charge in [0, 0.05) is 14.2 Å². The number of ether oxygens (including phenoxy) is 6. The number of methoxy groups -OCH3 is 2. The fourth-order valence-electron chi connectivity index (χ4n) is 2.35. The smallest absolute Gasteiger partial charge is 0.304 e. The third-order valence-corrected chi connectivity index (χ3v) is 6.55. The summed E-state index contributed by atoms with van der Waals surface area (Å²) >= 11 is 0. The van der Waals surface area contributed by atoms with Gasteiger partial charge >= 0.3 is 7.72 Å². The molecular weight excluding hydrogens is 411 g/mol. The summed E-state index contributed by atoms with van der Waals surface area (Å²) < 4.78 is 44.0. The highest BCUT2D eigenvalue weighted by Gasteiger charge is 2.39. The fourth-order valence-corrected chi connectivity index (χ4v) is 4.29. The largest absolute Gasteiger partial charge is 0.382 e. The molecule has 0 atom stereocenters. The highest BCUT2D eigenvalue weighted by Crippen LogP contribution is 2.55. The Morgan fingerprint density at radius 3 is 1.30 bits per heavy atom.